The topological polar surface area (TPSA) is 172 Å². The van der Waals surface area contributed by atoms with Crippen molar-refractivity contribution < 1.29 is 47.5 Å². The summed E-state index contributed by atoms with van der Waals surface area (Å²) in [5, 5.41) is 8.88. The number of nitrogens with two attached hydrogens (primary N) is 1. The van der Waals surface area contributed by atoms with Crippen molar-refractivity contribution in [3.05, 3.63) is 109 Å². The molecule has 0 saturated heterocycles. The summed E-state index contributed by atoms with van der Waals surface area (Å²) in [6.45, 7) is 2.45. The first kappa shape index (κ1) is 54.1. The molecule has 0 aromatic heterocycles. The van der Waals surface area contributed by atoms with Crippen LogP contribution in [-0.4, -0.2) is 59.9 Å². The molecule has 0 aliphatic carbocycles. The summed E-state index contributed by atoms with van der Waals surface area (Å²) in [4.78, 5) is 45.9. The number of ether oxygens (including phenoxy) is 2. The molecule has 326 valence electrons. The Bertz CT molecular complexity index is 1390. The van der Waals surface area contributed by atoms with Gasteiger partial charge in [-0.1, -0.05) is 142 Å². The van der Waals surface area contributed by atoms with Crippen molar-refractivity contribution in [2.45, 2.75) is 142 Å². The van der Waals surface area contributed by atoms with E-state index in [1.165, 1.54) is 0 Å². The van der Waals surface area contributed by atoms with E-state index in [0.29, 0.717) is 12.8 Å². The lowest BCUT2D eigenvalue weighted by Gasteiger charge is -2.20. The predicted octanol–water partition coefficient (Wildman–Crippen LogP) is 11.1. The number of esters is 2. The van der Waals surface area contributed by atoms with Crippen LogP contribution in [0.5, 0.6) is 0 Å². The Morgan fingerprint density at radius 1 is 0.534 bits per heavy atom. The Balaban J connectivity index is 4.56. The van der Waals surface area contributed by atoms with Gasteiger partial charge in [0.2, 0.25) is 0 Å². The van der Waals surface area contributed by atoms with Crippen molar-refractivity contribution in [3.63, 3.8) is 0 Å². The van der Waals surface area contributed by atoms with Gasteiger partial charge in [0.15, 0.2) is 6.10 Å². The van der Waals surface area contributed by atoms with Crippen molar-refractivity contribution >= 4 is 25.7 Å². The fourth-order valence-corrected chi connectivity index (χ4v) is 5.59. The number of phosphoric ester groups is 1. The van der Waals surface area contributed by atoms with Gasteiger partial charge in [0.1, 0.15) is 12.6 Å². The molecule has 0 saturated carbocycles. The van der Waals surface area contributed by atoms with E-state index in [2.05, 4.69) is 116 Å². The molecule has 0 aliphatic rings. The molecule has 0 aromatic carbocycles. The zero-order chi connectivity index (χ0) is 42.8. The van der Waals surface area contributed by atoms with Gasteiger partial charge < -0.3 is 25.2 Å². The van der Waals surface area contributed by atoms with Crippen LogP contribution in [0.2, 0.25) is 0 Å². The first-order valence-electron chi connectivity index (χ1n) is 20.9. The molecule has 58 heavy (non-hydrogen) atoms. The van der Waals surface area contributed by atoms with Crippen LogP contribution < -0.4 is 5.73 Å². The van der Waals surface area contributed by atoms with Crippen molar-refractivity contribution in [1.29, 1.82) is 0 Å². The number of carbonyl (C=O) groups excluding carboxylic acids is 2. The number of aliphatic carboxylic acids is 1. The highest BCUT2D eigenvalue weighted by molar-refractivity contribution is 7.47. The zero-order valence-corrected chi connectivity index (χ0v) is 36.0. The van der Waals surface area contributed by atoms with Gasteiger partial charge in [0, 0.05) is 12.8 Å². The average molecular weight is 830 g/mol. The van der Waals surface area contributed by atoms with E-state index < -0.39 is 57.7 Å². The Kier molecular flexibility index (Phi) is 37.3. The van der Waals surface area contributed by atoms with Crippen LogP contribution in [-0.2, 0) is 37.5 Å². The largest absolute Gasteiger partial charge is 0.480 e. The van der Waals surface area contributed by atoms with Crippen molar-refractivity contribution in [2.75, 3.05) is 19.8 Å². The Labute approximate surface area is 348 Å². The van der Waals surface area contributed by atoms with Crippen molar-refractivity contribution in [3.8, 4) is 0 Å². The minimum absolute atomic E-state index is 0.0855. The second-order valence-corrected chi connectivity index (χ2v) is 14.8. The van der Waals surface area contributed by atoms with Gasteiger partial charge in [0.05, 0.1) is 13.2 Å². The van der Waals surface area contributed by atoms with E-state index in [9.17, 15) is 23.8 Å². The maximum atomic E-state index is 12.6. The van der Waals surface area contributed by atoms with E-state index in [4.69, 9.17) is 24.8 Å². The van der Waals surface area contributed by atoms with Gasteiger partial charge in [-0.25, -0.2) is 4.57 Å². The SMILES string of the molecule is CCC=CCC=CCC=CCC=CCC=CCC=CCCC(=O)OCC(COP(=O)(O)OCC(N)C(=O)O)OC(=O)CCCCCCCC=CCC=CCC=CCC. The van der Waals surface area contributed by atoms with Crippen LogP contribution in [0.15, 0.2) is 109 Å². The third-order valence-electron chi connectivity index (χ3n) is 8.03. The van der Waals surface area contributed by atoms with Crippen molar-refractivity contribution in [1.82, 2.24) is 0 Å². The molecule has 0 spiro atoms. The standard InChI is InChI=1S/C46H72NO10P/c1-3-5-7-9-11-13-15-17-19-20-21-22-24-25-27-29-31-33-35-37-44(48)54-39-42(40-55-58(52,53)56-41-43(47)46(50)51)57-45(49)38-36-34-32-30-28-26-23-18-16-14-12-10-8-6-4-2/h5-8,11-14,17-19,21-23,25,27,31,33,42-43H,3-4,9-10,15-16,20,24,26,28-30,32,34-41,47H2,1-2H3,(H,50,51)(H,52,53). The molecule has 0 fully saturated rings. The Hall–Kier alpha value is -3.86. The van der Waals surface area contributed by atoms with E-state index in [0.717, 1.165) is 89.9 Å². The number of rotatable bonds is 37. The number of phosphoric acid groups is 1. The second-order valence-electron chi connectivity index (χ2n) is 13.4. The minimum Gasteiger partial charge on any atom is -0.480 e. The third kappa shape index (κ3) is 39.0. The highest BCUT2D eigenvalue weighted by Crippen LogP contribution is 2.43. The lowest BCUT2D eigenvalue weighted by molar-refractivity contribution is -0.161. The maximum Gasteiger partial charge on any atom is 0.472 e. The smallest absolute Gasteiger partial charge is 0.472 e. The maximum absolute atomic E-state index is 12.6. The van der Waals surface area contributed by atoms with Crippen molar-refractivity contribution in [2.24, 2.45) is 5.73 Å². The number of hydrogen-bond donors (Lipinski definition) is 3. The van der Waals surface area contributed by atoms with Gasteiger partial charge in [-0.3, -0.25) is 23.4 Å². The van der Waals surface area contributed by atoms with E-state index in [1.54, 1.807) is 0 Å². The number of hydrogen-bond acceptors (Lipinski definition) is 9. The van der Waals surface area contributed by atoms with Crippen LogP contribution in [0.25, 0.3) is 0 Å². The van der Waals surface area contributed by atoms with Gasteiger partial charge in [-0.15, -0.1) is 0 Å². The lowest BCUT2D eigenvalue weighted by atomic mass is 10.1. The molecule has 0 rings (SSSR count). The number of carboxylic acids is 1. The van der Waals surface area contributed by atoms with Gasteiger partial charge >= 0.3 is 25.7 Å². The van der Waals surface area contributed by atoms with Crippen LogP contribution in [0.4, 0.5) is 0 Å². The van der Waals surface area contributed by atoms with Crippen LogP contribution in [0.1, 0.15) is 129 Å². The molecule has 0 bridgehead atoms. The number of carbonyl (C=O) groups is 3. The molecule has 0 aliphatic heterocycles. The average Bonchev–Trinajstić information content (AvgIpc) is 3.20. The number of unbranched alkanes of at least 4 members (excludes halogenated alkanes) is 5. The van der Waals surface area contributed by atoms with Crippen LogP contribution in [0.3, 0.4) is 0 Å². The summed E-state index contributed by atoms with van der Waals surface area (Å²) in [6, 6.07) is -1.54. The molecule has 4 N–H and O–H groups in total. The first-order chi connectivity index (χ1) is 28.1. The van der Waals surface area contributed by atoms with E-state index in [1.807, 2.05) is 12.2 Å². The van der Waals surface area contributed by atoms with Gasteiger partial charge in [0.25, 0.3) is 0 Å². The summed E-state index contributed by atoms with van der Waals surface area (Å²) >= 11 is 0. The summed E-state index contributed by atoms with van der Waals surface area (Å²) in [6.07, 6.45) is 51.7. The summed E-state index contributed by atoms with van der Waals surface area (Å²) < 4.78 is 32.6. The number of carboxylic acid groups (broad SMARTS) is 1. The fraction of sp³-hybridized carbons (Fsp3) is 0.543. The zero-order valence-electron chi connectivity index (χ0n) is 35.1. The van der Waals surface area contributed by atoms with Crippen LogP contribution in [0, 0.1) is 0 Å². The highest BCUT2D eigenvalue weighted by Gasteiger charge is 2.28. The molecule has 11 nitrogen and oxygen atoms in total. The van der Waals surface area contributed by atoms with E-state index in [-0.39, 0.29) is 12.8 Å². The van der Waals surface area contributed by atoms with Gasteiger partial charge in [-0.05, 0) is 83.5 Å². The molecule has 0 heterocycles. The minimum atomic E-state index is -4.74. The molecule has 3 atom stereocenters. The van der Waals surface area contributed by atoms with Gasteiger partial charge in [-0.2, -0.15) is 0 Å². The third-order valence-corrected chi connectivity index (χ3v) is 8.98. The number of allylic oxidation sites excluding steroid dienone is 18. The molecular weight excluding hydrogens is 757 g/mol. The molecule has 12 heteroatoms. The summed E-state index contributed by atoms with van der Waals surface area (Å²) in [7, 11) is -4.74. The first-order valence-corrected chi connectivity index (χ1v) is 22.4. The molecule has 0 amide bonds. The molecular formula is C46H72NO10P. The lowest BCUT2D eigenvalue weighted by Crippen LogP contribution is -2.34. The molecule has 3 unspecified atom stereocenters. The fourth-order valence-electron chi connectivity index (χ4n) is 4.81. The molecule has 0 radical (unpaired) electrons. The Morgan fingerprint density at radius 3 is 1.43 bits per heavy atom. The quantitative estimate of drug-likeness (QED) is 0.0235. The second kappa shape index (κ2) is 39.9. The predicted molar refractivity (Wildman–Crippen MR) is 235 cm³/mol. The molecule has 0 aromatic rings. The van der Waals surface area contributed by atoms with E-state index >= 15 is 0 Å². The normalized spacial score (nSPS) is 14.8. The Morgan fingerprint density at radius 2 is 0.948 bits per heavy atom. The monoisotopic (exact) mass is 829 g/mol. The summed E-state index contributed by atoms with van der Waals surface area (Å²) in [5.74, 6) is -2.53. The van der Waals surface area contributed by atoms with Crippen LogP contribution >= 0.6 is 7.82 Å². The summed E-state index contributed by atoms with van der Waals surface area (Å²) in [5.41, 5.74) is 5.32. The highest BCUT2D eigenvalue weighted by atomic mass is 31.2.